The van der Waals surface area contributed by atoms with E-state index in [-0.39, 0.29) is 5.57 Å². The second-order valence-corrected chi connectivity index (χ2v) is 7.78. The Hall–Kier alpha value is -4.34. The van der Waals surface area contributed by atoms with Crippen molar-refractivity contribution in [2.45, 2.75) is 6.61 Å². The van der Waals surface area contributed by atoms with Gasteiger partial charge in [-0.05, 0) is 36.4 Å². The SMILES string of the molecule is CNC(=O)C(C#N)=Cc1cn(-c2ccccc2)nc1-c1cccc(OCc2ccccc2Cl)c1. The van der Waals surface area contributed by atoms with Crippen molar-refractivity contribution >= 4 is 23.6 Å². The van der Waals surface area contributed by atoms with Gasteiger partial charge in [-0.25, -0.2) is 4.68 Å². The van der Waals surface area contributed by atoms with E-state index in [0.29, 0.717) is 28.6 Å². The predicted molar refractivity (Wildman–Crippen MR) is 132 cm³/mol. The average Bonchev–Trinajstić information content (AvgIpc) is 3.31. The molecule has 3 aromatic carbocycles. The molecule has 6 nitrogen and oxygen atoms in total. The van der Waals surface area contributed by atoms with Crippen molar-refractivity contribution in [3.05, 3.63) is 107 Å². The lowest BCUT2D eigenvalue weighted by molar-refractivity contribution is -0.116. The number of nitrogens with one attached hydrogen (secondary N) is 1. The zero-order chi connectivity index (χ0) is 23.9. The molecule has 7 heteroatoms. The highest BCUT2D eigenvalue weighted by atomic mass is 35.5. The number of hydrogen-bond acceptors (Lipinski definition) is 4. The Morgan fingerprint density at radius 2 is 1.88 bits per heavy atom. The van der Waals surface area contributed by atoms with Crippen LogP contribution in [0.4, 0.5) is 0 Å². The summed E-state index contributed by atoms with van der Waals surface area (Å²) in [5.41, 5.74) is 3.76. The summed E-state index contributed by atoms with van der Waals surface area (Å²) in [6, 6.07) is 26.6. The number of amides is 1. The van der Waals surface area contributed by atoms with Crippen LogP contribution in [-0.4, -0.2) is 22.7 Å². The van der Waals surface area contributed by atoms with Gasteiger partial charge < -0.3 is 10.1 Å². The number of likely N-dealkylation sites (N-methyl/N-ethyl adjacent to an activating group) is 1. The van der Waals surface area contributed by atoms with Crippen molar-refractivity contribution in [3.8, 4) is 28.8 Å². The van der Waals surface area contributed by atoms with E-state index in [0.717, 1.165) is 16.8 Å². The smallest absolute Gasteiger partial charge is 0.261 e. The van der Waals surface area contributed by atoms with E-state index in [4.69, 9.17) is 21.4 Å². The first-order valence-electron chi connectivity index (χ1n) is 10.5. The monoisotopic (exact) mass is 468 g/mol. The van der Waals surface area contributed by atoms with Gasteiger partial charge in [0.15, 0.2) is 0 Å². The molecule has 1 amide bonds. The number of ether oxygens (including phenoxy) is 1. The maximum atomic E-state index is 12.1. The first kappa shape index (κ1) is 22.8. The quantitative estimate of drug-likeness (QED) is 0.290. The Kier molecular flexibility index (Phi) is 7.07. The molecule has 34 heavy (non-hydrogen) atoms. The van der Waals surface area contributed by atoms with E-state index in [2.05, 4.69) is 5.32 Å². The molecule has 1 aromatic heterocycles. The van der Waals surface area contributed by atoms with E-state index >= 15 is 0 Å². The molecular weight excluding hydrogens is 448 g/mol. The predicted octanol–water partition coefficient (Wildman–Crippen LogP) is 5.42. The standard InChI is InChI=1S/C27H21ClN4O2/c1-30-27(33)21(16-29)14-22-17-32(23-10-3-2-4-11-23)31-26(22)19-9-7-12-24(15-19)34-18-20-8-5-6-13-25(20)28/h2-15,17H,18H2,1H3,(H,30,33). The molecule has 0 bridgehead atoms. The number of nitrogens with zero attached hydrogens (tertiary/aromatic N) is 3. The minimum Gasteiger partial charge on any atom is -0.489 e. The van der Waals surface area contributed by atoms with Gasteiger partial charge in [-0.3, -0.25) is 4.79 Å². The number of carbonyl (C=O) groups excluding carboxylic acids is 1. The molecule has 0 saturated heterocycles. The van der Waals surface area contributed by atoms with E-state index in [1.165, 1.54) is 13.1 Å². The Balaban J connectivity index is 1.73. The fourth-order valence-corrected chi connectivity index (χ4v) is 3.57. The number of para-hydroxylation sites is 1. The highest BCUT2D eigenvalue weighted by Crippen LogP contribution is 2.29. The van der Waals surface area contributed by atoms with E-state index in [1.807, 2.05) is 84.9 Å². The third-order valence-corrected chi connectivity index (χ3v) is 5.48. The number of hydrogen-bond donors (Lipinski definition) is 1. The molecule has 0 saturated carbocycles. The van der Waals surface area contributed by atoms with Crippen molar-refractivity contribution in [1.82, 2.24) is 15.1 Å². The summed E-state index contributed by atoms with van der Waals surface area (Å²) < 4.78 is 7.69. The number of nitriles is 1. The summed E-state index contributed by atoms with van der Waals surface area (Å²) >= 11 is 6.24. The van der Waals surface area contributed by atoms with Crippen LogP contribution in [0.15, 0.2) is 90.6 Å². The van der Waals surface area contributed by atoms with Crippen molar-refractivity contribution in [1.29, 1.82) is 5.26 Å². The molecule has 1 N–H and O–H groups in total. The van der Waals surface area contributed by atoms with Gasteiger partial charge in [0.05, 0.1) is 5.69 Å². The molecule has 1 heterocycles. The summed E-state index contributed by atoms with van der Waals surface area (Å²) in [5, 5.41) is 17.4. The third-order valence-electron chi connectivity index (χ3n) is 5.11. The molecule has 0 unspecified atom stereocenters. The van der Waals surface area contributed by atoms with Crippen LogP contribution in [0.1, 0.15) is 11.1 Å². The third kappa shape index (κ3) is 5.17. The van der Waals surface area contributed by atoms with Crippen LogP contribution in [0.3, 0.4) is 0 Å². The normalized spacial score (nSPS) is 11.0. The van der Waals surface area contributed by atoms with Gasteiger partial charge in [-0.15, -0.1) is 0 Å². The van der Waals surface area contributed by atoms with Crippen molar-refractivity contribution in [2.24, 2.45) is 0 Å². The summed E-state index contributed by atoms with van der Waals surface area (Å²) in [7, 11) is 1.49. The average molecular weight is 469 g/mol. The van der Waals surface area contributed by atoms with Crippen LogP contribution < -0.4 is 10.1 Å². The number of aromatic nitrogens is 2. The fraction of sp³-hybridized carbons (Fsp3) is 0.0741. The summed E-state index contributed by atoms with van der Waals surface area (Å²) in [6.45, 7) is 0.323. The molecule has 0 fully saturated rings. The van der Waals surface area contributed by atoms with Gasteiger partial charge in [0, 0.05) is 35.0 Å². The van der Waals surface area contributed by atoms with E-state index < -0.39 is 5.91 Å². The maximum Gasteiger partial charge on any atom is 0.261 e. The molecule has 168 valence electrons. The van der Waals surface area contributed by atoms with Crippen molar-refractivity contribution < 1.29 is 9.53 Å². The molecule has 0 radical (unpaired) electrons. The van der Waals surface area contributed by atoms with Gasteiger partial charge in [-0.1, -0.05) is 60.1 Å². The molecular formula is C27H21ClN4O2. The Morgan fingerprint density at radius 3 is 2.62 bits per heavy atom. The molecule has 0 aliphatic heterocycles. The lowest BCUT2D eigenvalue weighted by atomic mass is 10.1. The number of halogens is 1. The van der Waals surface area contributed by atoms with Crippen LogP contribution in [0, 0.1) is 11.3 Å². The lowest BCUT2D eigenvalue weighted by Gasteiger charge is -2.09. The minimum absolute atomic E-state index is 0.0116. The summed E-state index contributed by atoms with van der Waals surface area (Å²) in [6.07, 6.45) is 3.33. The van der Waals surface area contributed by atoms with Gasteiger partial charge in [0.25, 0.3) is 5.91 Å². The Morgan fingerprint density at radius 1 is 1.12 bits per heavy atom. The van der Waals surface area contributed by atoms with Crippen LogP contribution in [0.5, 0.6) is 5.75 Å². The van der Waals surface area contributed by atoms with Crippen LogP contribution in [-0.2, 0) is 11.4 Å². The molecule has 0 spiro atoms. The van der Waals surface area contributed by atoms with Crippen molar-refractivity contribution in [2.75, 3.05) is 7.05 Å². The maximum absolute atomic E-state index is 12.1. The number of benzene rings is 3. The molecule has 0 atom stereocenters. The lowest BCUT2D eigenvalue weighted by Crippen LogP contribution is -2.19. The van der Waals surface area contributed by atoms with Crippen molar-refractivity contribution in [3.63, 3.8) is 0 Å². The number of rotatable bonds is 7. The van der Waals surface area contributed by atoms with E-state index in [9.17, 15) is 10.1 Å². The van der Waals surface area contributed by atoms with E-state index in [1.54, 1.807) is 10.9 Å². The Bertz CT molecular complexity index is 1390. The summed E-state index contributed by atoms with van der Waals surface area (Å²) in [4.78, 5) is 12.1. The fourth-order valence-electron chi connectivity index (χ4n) is 3.38. The minimum atomic E-state index is -0.460. The number of carbonyl (C=O) groups is 1. The second-order valence-electron chi connectivity index (χ2n) is 7.37. The van der Waals surface area contributed by atoms with Gasteiger partial charge >= 0.3 is 0 Å². The zero-order valence-electron chi connectivity index (χ0n) is 18.4. The highest BCUT2D eigenvalue weighted by molar-refractivity contribution is 6.31. The Labute approximate surface area is 202 Å². The first-order chi connectivity index (χ1) is 16.6. The first-order valence-corrected chi connectivity index (χ1v) is 10.9. The topological polar surface area (TPSA) is 79.9 Å². The van der Waals surface area contributed by atoms with Gasteiger partial charge in [0.2, 0.25) is 0 Å². The van der Waals surface area contributed by atoms with Crippen LogP contribution in [0.2, 0.25) is 5.02 Å². The molecule has 0 aliphatic carbocycles. The highest BCUT2D eigenvalue weighted by Gasteiger charge is 2.15. The second kappa shape index (κ2) is 10.5. The largest absolute Gasteiger partial charge is 0.489 e. The molecule has 4 aromatic rings. The molecule has 4 rings (SSSR count). The van der Waals surface area contributed by atoms with Crippen LogP contribution >= 0.6 is 11.6 Å². The zero-order valence-corrected chi connectivity index (χ0v) is 19.2. The van der Waals surface area contributed by atoms with Crippen LogP contribution in [0.25, 0.3) is 23.0 Å². The van der Waals surface area contributed by atoms with Gasteiger partial charge in [-0.2, -0.15) is 10.4 Å². The van der Waals surface area contributed by atoms with Gasteiger partial charge in [0.1, 0.15) is 29.7 Å². The summed E-state index contributed by atoms with van der Waals surface area (Å²) in [5.74, 6) is 0.186. The molecule has 0 aliphatic rings.